The average Bonchev–Trinajstić information content (AvgIpc) is 2.86. The van der Waals surface area contributed by atoms with Gasteiger partial charge in [0.15, 0.2) is 0 Å². The third kappa shape index (κ3) is 2.02. The number of pyridine rings is 1. The molecule has 0 radical (unpaired) electrons. The number of aromatic nitrogens is 1. The SMILES string of the molecule is CCC(C)(C)c1c2c(nc3c1CC(C)(C)C3)CCC2. The molecule has 0 N–H and O–H groups in total. The summed E-state index contributed by atoms with van der Waals surface area (Å²) in [5, 5.41) is 0. The molecule has 1 aromatic rings. The summed E-state index contributed by atoms with van der Waals surface area (Å²) in [5.74, 6) is 0. The minimum atomic E-state index is 0.307. The first-order valence-electron chi connectivity index (χ1n) is 7.88. The fourth-order valence-corrected chi connectivity index (χ4v) is 4.00. The molecule has 0 aliphatic heterocycles. The lowest BCUT2D eigenvalue weighted by atomic mass is 9.76. The van der Waals surface area contributed by atoms with Crippen molar-refractivity contribution in [2.75, 3.05) is 0 Å². The van der Waals surface area contributed by atoms with Crippen molar-refractivity contribution in [3.63, 3.8) is 0 Å². The van der Waals surface area contributed by atoms with E-state index in [2.05, 4.69) is 34.6 Å². The Kier molecular flexibility index (Phi) is 2.82. The van der Waals surface area contributed by atoms with Gasteiger partial charge in [0.2, 0.25) is 0 Å². The number of nitrogens with zero attached hydrogens (tertiary/aromatic N) is 1. The highest BCUT2D eigenvalue weighted by Gasteiger charge is 2.38. The van der Waals surface area contributed by atoms with Gasteiger partial charge in [0, 0.05) is 11.4 Å². The lowest BCUT2D eigenvalue weighted by Crippen LogP contribution is -2.22. The van der Waals surface area contributed by atoms with Crippen molar-refractivity contribution in [1.29, 1.82) is 0 Å². The summed E-state index contributed by atoms with van der Waals surface area (Å²) < 4.78 is 0. The van der Waals surface area contributed by atoms with Gasteiger partial charge in [-0.3, -0.25) is 4.98 Å². The molecule has 1 aromatic heterocycles. The molecule has 0 unspecified atom stereocenters. The maximum atomic E-state index is 5.04. The molecule has 0 aromatic carbocycles. The van der Waals surface area contributed by atoms with Crippen molar-refractivity contribution in [2.24, 2.45) is 5.41 Å². The second-order valence-electron chi connectivity index (χ2n) is 7.95. The zero-order valence-corrected chi connectivity index (χ0v) is 13.2. The van der Waals surface area contributed by atoms with Crippen molar-refractivity contribution in [3.8, 4) is 0 Å². The molecular formula is C18H27N. The minimum Gasteiger partial charge on any atom is -0.257 e. The zero-order valence-electron chi connectivity index (χ0n) is 13.2. The smallest absolute Gasteiger partial charge is 0.0447 e. The van der Waals surface area contributed by atoms with Crippen LogP contribution in [0.1, 0.15) is 75.5 Å². The summed E-state index contributed by atoms with van der Waals surface area (Å²) in [6.07, 6.45) is 7.38. The molecule has 0 saturated carbocycles. The molecule has 19 heavy (non-hydrogen) atoms. The molecule has 3 rings (SSSR count). The third-order valence-electron chi connectivity index (χ3n) is 5.27. The standard InChI is InChI=1S/C18H27N/c1-6-18(4,5)16-12-8-7-9-14(12)19-15-11-17(2,3)10-13(15)16/h6-11H2,1-5H3. The monoisotopic (exact) mass is 257 g/mol. The van der Waals surface area contributed by atoms with Crippen molar-refractivity contribution in [2.45, 2.75) is 78.6 Å². The van der Waals surface area contributed by atoms with Crippen LogP contribution in [0.25, 0.3) is 0 Å². The van der Waals surface area contributed by atoms with Crippen LogP contribution in [0.4, 0.5) is 0 Å². The second kappa shape index (κ2) is 4.07. The van der Waals surface area contributed by atoms with E-state index in [9.17, 15) is 0 Å². The van der Waals surface area contributed by atoms with Gasteiger partial charge < -0.3 is 0 Å². The van der Waals surface area contributed by atoms with Crippen molar-refractivity contribution in [1.82, 2.24) is 4.98 Å². The van der Waals surface area contributed by atoms with Gasteiger partial charge in [0.05, 0.1) is 0 Å². The molecule has 2 aliphatic rings. The van der Waals surface area contributed by atoms with E-state index < -0.39 is 0 Å². The molecule has 0 fully saturated rings. The molecule has 104 valence electrons. The third-order valence-corrected chi connectivity index (χ3v) is 5.27. The van der Waals surface area contributed by atoms with Crippen LogP contribution in [0, 0.1) is 5.41 Å². The van der Waals surface area contributed by atoms with Crippen molar-refractivity contribution >= 4 is 0 Å². The Labute approximate surface area is 117 Å². The Balaban J connectivity index is 2.23. The molecule has 0 spiro atoms. The Morgan fingerprint density at radius 1 is 1.05 bits per heavy atom. The van der Waals surface area contributed by atoms with E-state index in [-0.39, 0.29) is 0 Å². The zero-order chi connectivity index (χ0) is 13.8. The highest BCUT2D eigenvalue weighted by atomic mass is 14.8. The Hall–Kier alpha value is -0.850. The first-order valence-corrected chi connectivity index (χ1v) is 7.88. The van der Waals surface area contributed by atoms with Gasteiger partial charge in [-0.05, 0) is 66.0 Å². The van der Waals surface area contributed by atoms with E-state index in [0.29, 0.717) is 10.8 Å². The number of hydrogen-bond acceptors (Lipinski definition) is 1. The number of aryl methyl sites for hydroxylation is 1. The Morgan fingerprint density at radius 2 is 1.79 bits per heavy atom. The lowest BCUT2D eigenvalue weighted by molar-refractivity contribution is 0.388. The molecule has 2 aliphatic carbocycles. The maximum Gasteiger partial charge on any atom is 0.0447 e. The second-order valence-corrected chi connectivity index (χ2v) is 7.95. The van der Waals surface area contributed by atoms with E-state index in [0.717, 1.165) is 0 Å². The number of rotatable bonds is 2. The molecule has 1 heteroatoms. The predicted octanol–water partition coefficient (Wildman–Crippen LogP) is 4.38. The Morgan fingerprint density at radius 3 is 2.47 bits per heavy atom. The van der Waals surface area contributed by atoms with Gasteiger partial charge >= 0.3 is 0 Å². The summed E-state index contributed by atoms with van der Waals surface area (Å²) in [6.45, 7) is 12.0. The fourth-order valence-electron chi connectivity index (χ4n) is 4.00. The quantitative estimate of drug-likeness (QED) is 0.766. The van der Waals surface area contributed by atoms with E-state index in [1.54, 1.807) is 16.7 Å². The summed E-state index contributed by atoms with van der Waals surface area (Å²) in [7, 11) is 0. The topological polar surface area (TPSA) is 12.9 Å². The van der Waals surface area contributed by atoms with E-state index in [1.807, 2.05) is 0 Å². The van der Waals surface area contributed by atoms with E-state index in [1.165, 1.54) is 49.9 Å². The van der Waals surface area contributed by atoms with Crippen LogP contribution in [0.5, 0.6) is 0 Å². The van der Waals surface area contributed by atoms with Crippen LogP contribution in [-0.4, -0.2) is 4.98 Å². The molecule has 0 bridgehead atoms. The first kappa shape index (κ1) is 13.1. The Bertz CT molecular complexity index is 523. The molecule has 1 heterocycles. The van der Waals surface area contributed by atoms with Crippen LogP contribution in [0.15, 0.2) is 0 Å². The lowest BCUT2D eigenvalue weighted by Gasteiger charge is -2.29. The van der Waals surface area contributed by atoms with Crippen LogP contribution >= 0.6 is 0 Å². The van der Waals surface area contributed by atoms with Crippen LogP contribution < -0.4 is 0 Å². The van der Waals surface area contributed by atoms with Crippen molar-refractivity contribution in [3.05, 3.63) is 28.1 Å². The number of fused-ring (bicyclic) bond motifs is 2. The normalized spacial score (nSPS) is 20.5. The van der Waals surface area contributed by atoms with Gasteiger partial charge in [-0.1, -0.05) is 34.6 Å². The van der Waals surface area contributed by atoms with Gasteiger partial charge in [0.1, 0.15) is 0 Å². The molecule has 1 nitrogen and oxygen atoms in total. The molecule has 0 saturated heterocycles. The van der Waals surface area contributed by atoms with Crippen molar-refractivity contribution < 1.29 is 0 Å². The van der Waals surface area contributed by atoms with E-state index >= 15 is 0 Å². The van der Waals surface area contributed by atoms with Crippen LogP contribution in [0.2, 0.25) is 0 Å². The summed E-state index contributed by atoms with van der Waals surface area (Å²) in [4.78, 5) is 5.04. The molecular weight excluding hydrogens is 230 g/mol. The predicted molar refractivity (Wildman–Crippen MR) is 80.8 cm³/mol. The minimum absolute atomic E-state index is 0.307. The van der Waals surface area contributed by atoms with E-state index in [4.69, 9.17) is 4.98 Å². The highest BCUT2D eigenvalue weighted by Crippen LogP contribution is 2.45. The number of hydrogen-bond donors (Lipinski definition) is 0. The van der Waals surface area contributed by atoms with Gasteiger partial charge in [-0.25, -0.2) is 0 Å². The first-order chi connectivity index (χ1) is 8.84. The van der Waals surface area contributed by atoms with Gasteiger partial charge in [0.25, 0.3) is 0 Å². The molecule has 0 amide bonds. The molecule has 0 atom stereocenters. The largest absolute Gasteiger partial charge is 0.257 e. The van der Waals surface area contributed by atoms with Gasteiger partial charge in [-0.2, -0.15) is 0 Å². The van der Waals surface area contributed by atoms with Gasteiger partial charge in [-0.15, -0.1) is 0 Å². The summed E-state index contributed by atoms with van der Waals surface area (Å²) >= 11 is 0. The highest BCUT2D eigenvalue weighted by molar-refractivity contribution is 5.49. The summed E-state index contributed by atoms with van der Waals surface area (Å²) in [6, 6.07) is 0. The van der Waals surface area contributed by atoms with Crippen LogP contribution in [0.3, 0.4) is 0 Å². The fraction of sp³-hybridized carbons (Fsp3) is 0.722. The average molecular weight is 257 g/mol. The maximum absolute atomic E-state index is 5.04. The summed E-state index contributed by atoms with van der Waals surface area (Å²) in [5.41, 5.74) is 8.46. The van der Waals surface area contributed by atoms with Crippen LogP contribution in [-0.2, 0) is 31.1 Å².